The molecule has 0 atom stereocenters. The summed E-state index contributed by atoms with van der Waals surface area (Å²) in [5.41, 5.74) is 0.733. The largest absolute Gasteiger partial charge is 0.443 e. The summed E-state index contributed by atoms with van der Waals surface area (Å²) >= 11 is 0.377. The maximum Gasteiger partial charge on any atom is 0.443 e. The van der Waals surface area contributed by atoms with Crippen LogP contribution in [-0.4, -0.2) is 15.8 Å². The van der Waals surface area contributed by atoms with Gasteiger partial charge in [0.15, 0.2) is 10.8 Å². The standard InChI is InChI=1S/C12H9F3N2OS/c13-12(14,15)11-17-7-10(19-11)9(18)5-4-8-3-1-2-6-16-8/h1-3,6-7H,4-5H2. The number of thiazole rings is 1. The van der Waals surface area contributed by atoms with Gasteiger partial charge in [0.2, 0.25) is 0 Å². The van der Waals surface area contributed by atoms with Crippen LogP contribution in [0.4, 0.5) is 13.2 Å². The van der Waals surface area contributed by atoms with E-state index < -0.39 is 11.2 Å². The van der Waals surface area contributed by atoms with Gasteiger partial charge in [0, 0.05) is 24.5 Å². The van der Waals surface area contributed by atoms with Crippen LogP contribution in [-0.2, 0) is 12.6 Å². The van der Waals surface area contributed by atoms with Crippen LogP contribution < -0.4 is 0 Å². The fourth-order valence-electron chi connectivity index (χ4n) is 1.44. The monoisotopic (exact) mass is 286 g/mol. The molecular weight excluding hydrogens is 277 g/mol. The summed E-state index contributed by atoms with van der Waals surface area (Å²) in [6.45, 7) is 0. The van der Waals surface area contributed by atoms with E-state index in [0.717, 1.165) is 11.9 Å². The molecule has 2 aromatic rings. The number of carbonyl (C=O) groups is 1. The van der Waals surface area contributed by atoms with E-state index in [9.17, 15) is 18.0 Å². The van der Waals surface area contributed by atoms with E-state index in [0.29, 0.717) is 17.8 Å². The molecule has 0 aliphatic heterocycles. The van der Waals surface area contributed by atoms with E-state index in [1.165, 1.54) is 0 Å². The van der Waals surface area contributed by atoms with E-state index in [2.05, 4.69) is 9.97 Å². The third kappa shape index (κ3) is 3.60. The van der Waals surface area contributed by atoms with Crippen molar-refractivity contribution in [1.29, 1.82) is 0 Å². The Morgan fingerprint density at radius 2 is 2.05 bits per heavy atom. The van der Waals surface area contributed by atoms with Gasteiger partial charge in [0.05, 0.1) is 4.88 Å². The van der Waals surface area contributed by atoms with Crippen molar-refractivity contribution in [2.24, 2.45) is 0 Å². The molecule has 7 heteroatoms. The minimum absolute atomic E-state index is 0.0308. The van der Waals surface area contributed by atoms with Crippen LogP contribution in [0.15, 0.2) is 30.6 Å². The summed E-state index contributed by atoms with van der Waals surface area (Å²) in [7, 11) is 0. The SMILES string of the molecule is O=C(CCc1ccccn1)c1cnc(C(F)(F)F)s1. The number of ketones is 1. The third-order valence-corrected chi connectivity index (χ3v) is 3.44. The molecule has 0 aliphatic carbocycles. The van der Waals surface area contributed by atoms with Gasteiger partial charge in [-0.15, -0.1) is 11.3 Å². The summed E-state index contributed by atoms with van der Waals surface area (Å²) < 4.78 is 37.0. The first-order valence-electron chi connectivity index (χ1n) is 5.43. The summed E-state index contributed by atoms with van der Waals surface area (Å²) in [5, 5.41) is -0.992. The Bertz CT molecular complexity index is 566. The second-order valence-electron chi connectivity index (χ2n) is 3.77. The van der Waals surface area contributed by atoms with Crippen molar-refractivity contribution in [3.05, 3.63) is 46.2 Å². The Morgan fingerprint density at radius 3 is 2.63 bits per heavy atom. The number of Topliss-reactive ketones (excluding diaryl/α,β-unsaturated/α-hetero) is 1. The van der Waals surface area contributed by atoms with Crippen LogP contribution in [0.5, 0.6) is 0 Å². The van der Waals surface area contributed by atoms with Crippen LogP contribution >= 0.6 is 11.3 Å². The van der Waals surface area contributed by atoms with Crippen molar-refractivity contribution < 1.29 is 18.0 Å². The average Bonchev–Trinajstić information content (AvgIpc) is 2.87. The van der Waals surface area contributed by atoms with Crippen molar-refractivity contribution in [3.63, 3.8) is 0 Å². The smallest absolute Gasteiger partial charge is 0.293 e. The Balaban J connectivity index is 1.99. The van der Waals surface area contributed by atoms with Crippen molar-refractivity contribution in [2.75, 3.05) is 0 Å². The quantitative estimate of drug-likeness (QED) is 0.809. The van der Waals surface area contributed by atoms with Crippen molar-refractivity contribution in [3.8, 4) is 0 Å². The van der Waals surface area contributed by atoms with E-state index in [1.54, 1.807) is 24.4 Å². The van der Waals surface area contributed by atoms with E-state index in [1.807, 2.05) is 0 Å². The van der Waals surface area contributed by atoms with Gasteiger partial charge < -0.3 is 0 Å². The highest BCUT2D eigenvalue weighted by Crippen LogP contribution is 2.32. The van der Waals surface area contributed by atoms with E-state index >= 15 is 0 Å². The number of carbonyl (C=O) groups excluding carboxylic acids is 1. The lowest BCUT2D eigenvalue weighted by Crippen LogP contribution is -2.03. The first-order chi connectivity index (χ1) is 8.97. The molecule has 0 N–H and O–H groups in total. The molecule has 0 bridgehead atoms. The number of aromatic nitrogens is 2. The number of alkyl halides is 3. The predicted octanol–water partition coefficient (Wildman–Crippen LogP) is 3.37. The number of rotatable bonds is 4. The van der Waals surface area contributed by atoms with Crippen LogP contribution in [0.2, 0.25) is 0 Å². The molecule has 0 aromatic carbocycles. The minimum atomic E-state index is -4.50. The number of pyridine rings is 1. The van der Waals surface area contributed by atoms with Crippen molar-refractivity contribution in [1.82, 2.24) is 9.97 Å². The van der Waals surface area contributed by atoms with Crippen molar-refractivity contribution >= 4 is 17.1 Å². The molecule has 0 spiro atoms. The Labute approximate surface area is 111 Å². The molecule has 3 nitrogen and oxygen atoms in total. The molecule has 0 radical (unpaired) electrons. The van der Waals surface area contributed by atoms with Gasteiger partial charge in [-0.1, -0.05) is 6.07 Å². The molecule has 100 valence electrons. The Hall–Kier alpha value is -1.76. The zero-order valence-corrected chi connectivity index (χ0v) is 10.5. The molecule has 0 aliphatic rings. The summed E-state index contributed by atoms with van der Waals surface area (Å²) in [6, 6.07) is 5.31. The lowest BCUT2D eigenvalue weighted by atomic mass is 10.1. The fourth-order valence-corrected chi connectivity index (χ4v) is 2.20. The minimum Gasteiger partial charge on any atom is -0.293 e. The molecule has 19 heavy (non-hydrogen) atoms. The maximum absolute atomic E-state index is 12.3. The second kappa shape index (κ2) is 5.48. The lowest BCUT2D eigenvalue weighted by molar-refractivity contribution is -0.137. The third-order valence-electron chi connectivity index (χ3n) is 2.36. The van der Waals surface area contributed by atoms with Gasteiger partial charge in [0.25, 0.3) is 0 Å². The highest BCUT2D eigenvalue weighted by molar-refractivity contribution is 7.13. The Kier molecular flexibility index (Phi) is 3.94. The summed E-state index contributed by atoms with van der Waals surface area (Å²) in [6.07, 6.45) is -1.39. The molecule has 2 aromatic heterocycles. The number of nitrogens with zero attached hydrogens (tertiary/aromatic N) is 2. The molecular formula is C12H9F3N2OS. The highest BCUT2D eigenvalue weighted by Gasteiger charge is 2.35. The van der Waals surface area contributed by atoms with Crippen molar-refractivity contribution in [2.45, 2.75) is 19.0 Å². The fraction of sp³-hybridized carbons (Fsp3) is 0.250. The van der Waals surface area contributed by atoms with Gasteiger partial charge in [-0.05, 0) is 18.6 Å². The molecule has 0 saturated heterocycles. The van der Waals surface area contributed by atoms with Crippen LogP contribution in [0.25, 0.3) is 0 Å². The summed E-state index contributed by atoms with van der Waals surface area (Å²) in [5.74, 6) is -0.348. The molecule has 0 fully saturated rings. The molecule has 0 amide bonds. The molecule has 0 unspecified atom stereocenters. The van der Waals surface area contributed by atoms with Gasteiger partial charge >= 0.3 is 6.18 Å². The number of halogens is 3. The first-order valence-corrected chi connectivity index (χ1v) is 6.24. The Morgan fingerprint density at radius 1 is 1.26 bits per heavy atom. The molecule has 2 rings (SSSR count). The van der Waals surface area contributed by atoms with Gasteiger partial charge in [0.1, 0.15) is 0 Å². The highest BCUT2D eigenvalue weighted by atomic mass is 32.1. The van der Waals surface area contributed by atoms with Crippen LogP contribution in [0.1, 0.15) is 26.8 Å². The second-order valence-corrected chi connectivity index (χ2v) is 4.80. The number of aryl methyl sites for hydroxylation is 1. The summed E-state index contributed by atoms with van der Waals surface area (Å²) in [4.78, 5) is 19.0. The zero-order valence-electron chi connectivity index (χ0n) is 9.65. The zero-order chi connectivity index (χ0) is 13.9. The average molecular weight is 286 g/mol. The van der Waals surface area contributed by atoms with Crippen LogP contribution in [0, 0.1) is 0 Å². The normalized spacial score (nSPS) is 11.5. The predicted molar refractivity (Wildman–Crippen MR) is 64.0 cm³/mol. The maximum atomic E-state index is 12.3. The van der Waals surface area contributed by atoms with Gasteiger partial charge in [-0.25, -0.2) is 4.98 Å². The van der Waals surface area contributed by atoms with E-state index in [4.69, 9.17) is 0 Å². The number of hydrogen-bond donors (Lipinski definition) is 0. The van der Waals surface area contributed by atoms with Gasteiger partial charge in [-0.3, -0.25) is 9.78 Å². The topological polar surface area (TPSA) is 42.9 Å². The molecule has 0 saturated carbocycles. The number of hydrogen-bond acceptors (Lipinski definition) is 4. The van der Waals surface area contributed by atoms with Crippen LogP contribution in [0.3, 0.4) is 0 Å². The lowest BCUT2D eigenvalue weighted by Gasteiger charge is -1.99. The van der Waals surface area contributed by atoms with E-state index in [-0.39, 0.29) is 17.1 Å². The van der Waals surface area contributed by atoms with Gasteiger partial charge in [-0.2, -0.15) is 13.2 Å². The first kappa shape index (κ1) is 13.7. The molecule has 2 heterocycles.